The number of aromatic nitrogens is 3. The molecule has 20 heavy (non-hydrogen) atoms. The predicted octanol–water partition coefficient (Wildman–Crippen LogP) is 1.53. The van der Waals surface area contributed by atoms with Crippen molar-refractivity contribution in [2.45, 2.75) is 39.2 Å². The Morgan fingerprint density at radius 1 is 1.45 bits per heavy atom. The van der Waals surface area contributed by atoms with Crippen LogP contribution in [0.3, 0.4) is 0 Å². The van der Waals surface area contributed by atoms with Crippen molar-refractivity contribution >= 4 is 5.91 Å². The molecule has 0 radical (unpaired) electrons. The summed E-state index contributed by atoms with van der Waals surface area (Å²) in [5, 5.41) is 11.0. The third kappa shape index (κ3) is 2.21. The fourth-order valence-electron chi connectivity index (χ4n) is 2.78. The van der Waals surface area contributed by atoms with Gasteiger partial charge in [0, 0.05) is 12.7 Å². The molecule has 1 aliphatic rings. The molecule has 3 rings (SSSR count). The zero-order chi connectivity index (χ0) is 14.1. The van der Waals surface area contributed by atoms with Gasteiger partial charge in [-0.25, -0.2) is 0 Å². The number of rotatable bonds is 3. The number of hydrogen-bond donors (Lipinski definition) is 1. The molecular weight excluding hydrogens is 256 g/mol. The second-order valence-corrected chi connectivity index (χ2v) is 5.18. The highest BCUT2D eigenvalue weighted by Gasteiger charge is 2.20. The van der Waals surface area contributed by atoms with Crippen LogP contribution in [0.1, 0.15) is 45.9 Å². The second-order valence-electron chi connectivity index (χ2n) is 5.18. The summed E-state index contributed by atoms with van der Waals surface area (Å²) >= 11 is 0. The van der Waals surface area contributed by atoms with E-state index in [9.17, 15) is 4.79 Å². The zero-order valence-electron chi connectivity index (χ0n) is 11.8. The molecule has 1 aliphatic carbocycles. The van der Waals surface area contributed by atoms with Crippen molar-refractivity contribution < 1.29 is 9.32 Å². The number of nitrogens with zero attached hydrogens (tertiary/aromatic N) is 3. The van der Waals surface area contributed by atoms with Crippen LogP contribution in [0.5, 0.6) is 0 Å². The molecule has 2 aromatic rings. The highest BCUT2D eigenvalue weighted by molar-refractivity contribution is 5.94. The Hall–Kier alpha value is -2.11. The van der Waals surface area contributed by atoms with Crippen LogP contribution in [-0.2, 0) is 26.4 Å². The van der Waals surface area contributed by atoms with Crippen molar-refractivity contribution in [1.82, 2.24) is 20.3 Å². The molecule has 0 spiro atoms. The van der Waals surface area contributed by atoms with Crippen LogP contribution in [0.2, 0.25) is 0 Å². The first-order chi connectivity index (χ1) is 9.66. The van der Waals surface area contributed by atoms with E-state index in [1.807, 2.05) is 11.7 Å². The first-order valence-corrected chi connectivity index (χ1v) is 6.90. The average Bonchev–Trinajstić information content (AvgIpc) is 3.01. The molecule has 1 amide bonds. The van der Waals surface area contributed by atoms with E-state index in [-0.39, 0.29) is 5.91 Å². The molecule has 0 fully saturated rings. The fraction of sp³-hybridized carbons (Fsp3) is 0.500. The summed E-state index contributed by atoms with van der Waals surface area (Å²) in [5.41, 5.74) is 4.07. The van der Waals surface area contributed by atoms with E-state index in [2.05, 4.69) is 15.6 Å². The van der Waals surface area contributed by atoms with Crippen molar-refractivity contribution in [3.8, 4) is 0 Å². The molecule has 2 aromatic heterocycles. The lowest BCUT2D eigenvalue weighted by Crippen LogP contribution is -2.24. The average molecular weight is 274 g/mol. The summed E-state index contributed by atoms with van der Waals surface area (Å²) in [5.74, 6) is 0.365. The quantitative estimate of drug-likeness (QED) is 0.921. The molecule has 6 heteroatoms. The first-order valence-electron chi connectivity index (χ1n) is 6.90. The van der Waals surface area contributed by atoms with Crippen LogP contribution in [0.4, 0.5) is 0 Å². The summed E-state index contributed by atoms with van der Waals surface area (Å²) in [6.07, 6.45) is 6.00. The Bertz CT molecular complexity index is 642. The maximum Gasteiger partial charge on any atom is 0.256 e. The number of fused-ring (bicyclic) bond motifs is 1. The van der Waals surface area contributed by atoms with Crippen LogP contribution in [0, 0.1) is 6.92 Å². The van der Waals surface area contributed by atoms with Gasteiger partial charge in [0.05, 0.1) is 18.4 Å². The Morgan fingerprint density at radius 3 is 3.00 bits per heavy atom. The number of carbonyl (C=O) groups excluding carboxylic acids is 1. The minimum Gasteiger partial charge on any atom is -0.361 e. The third-order valence-electron chi connectivity index (χ3n) is 3.86. The number of aryl methyl sites for hydroxylation is 2. The van der Waals surface area contributed by atoms with Crippen molar-refractivity contribution in [1.29, 1.82) is 0 Å². The zero-order valence-corrected chi connectivity index (χ0v) is 11.8. The summed E-state index contributed by atoms with van der Waals surface area (Å²) in [4.78, 5) is 12.0. The largest absolute Gasteiger partial charge is 0.361 e. The first kappa shape index (κ1) is 12.9. The van der Waals surface area contributed by atoms with Crippen LogP contribution >= 0.6 is 0 Å². The van der Waals surface area contributed by atoms with Gasteiger partial charge in [0.25, 0.3) is 5.91 Å². The van der Waals surface area contributed by atoms with Crippen LogP contribution in [0.25, 0.3) is 0 Å². The molecular formula is C14H18N4O2. The van der Waals surface area contributed by atoms with Gasteiger partial charge < -0.3 is 9.84 Å². The molecule has 0 aliphatic heterocycles. The van der Waals surface area contributed by atoms with Crippen LogP contribution in [0.15, 0.2) is 10.7 Å². The molecule has 6 nitrogen and oxygen atoms in total. The van der Waals surface area contributed by atoms with Gasteiger partial charge >= 0.3 is 0 Å². The van der Waals surface area contributed by atoms with E-state index < -0.39 is 0 Å². The van der Waals surface area contributed by atoms with E-state index in [0.29, 0.717) is 17.9 Å². The SMILES string of the molecule is Cc1oncc1C(=O)NCc1nn(C)c2c1CCCC2. The normalized spacial score (nSPS) is 14.1. The minimum absolute atomic E-state index is 0.168. The predicted molar refractivity (Wildman–Crippen MR) is 72.3 cm³/mol. The molecule has 0 unspecified atom stereocenters. The van der Waals surface area contributed by atoms with E-state index in [4.69, 9.17) is 4.52 Å². The number of carbonyl (C=O) groups is 1. The summed E-state index contributed by atoms with van der Waals surface area (Å²) in [7, 11) is 1.97. The molecule has 1 N–H and O–H groups in total. The molecule has 0 atom stereocenters. The summed E-state index contributed by atoms with van der Waals surface area (Å²) in [6.45, 7) is 2.18. The Balaban J connectivity index is 1.73. The van der Waals surface area contributed by atoms with Crippen molar-refractivity contribution in [2.24, 2.45) is 7.05 Å². The van der Waals surface area contributed by atoms with Gasteiger partial charge in [0.1, 0.15) is 11.3 Å². The fourth-order valence-corrected chi connectivity index (χ4v) is 2.78. The highest BCUT2D eigenvalue weighted by Crippen LogP contribution is 2.23. The number of nitrogens with one attached hydrogen (secondary N) is 1. The van der Waals surface area contributed by atoms with Gasteiger partial charge in [-0.1, -0.05) is 5.16 Å². The number of hydrogen-bond acceptors (Lipinski definition) is 4. The summed E-state index contributed by atoms with van der Waals surface area (Å²) < 4.78 is 6.85. The topological polar surface area (TPSA) is 73.0 Å². The maximum atomic E-state index is 12.0. The van der Waals surface area contributed by atoms with E-state index in [1.165, 1.54) is 30.3 Å². The van der Waals surface area contributed by atoms with Crippen molar-refractivity contribution in [3.05, 3.63) is 34.5 Å². The molecule has 106 valence electrons. The van der Waals surface area contributed by atoms with Crippen LogP contribution < -0.4 is 5.32 Å². The van der Waals surface area contributed by atoms with E-state index in [0.717, 1.165) is 18.5 Å². The lowest BCUT2D eigenvalue weighted by Gasteiger charge is -2.12. The minimum atomic E-state index is -0.168. The lowest BCUT2D eigenvalue weighted by atomic mass is 9.96. The summed E-state index contributed by atoms with van der Waals surface area (Å²) in [6, 6.07) is 0. The number of amides is 1. The van der Waals surface area contributed by atoms with Crippen molar-refractivity contribution in [2.75, 3.05) is 0 Å². The van der Waals surface area contributed by atoms with Gasteiger partial charge in [0.15, 0.2) is 0 Å². The smallest absolute Gasteiger partial charge is 0.256 e. The monoisotopic (exact) mass is 274 g/mol. The van der Waals surface area contributed by atoms with Crippen molar-refractivity contribution in [3.63, 3.8) is 0 Å². The molecule has 0 bridgehead atoms. The molecule has 2 heterocycles. The highest BCUT2D eigenvalue weighted by atomic mass is 16.5. The van der Waals surface area contributed by atoms with Crippen LogP contribution in [-0.4, -0.2) is 20.8 Å². The third-order valence-corrected chi connectivity index (χ3v) is 3.86. The molecule has 0 saturated carbocycles. The van der Waals surface area contributed by atoms with Gasteiger partial charge in [-0.05, 0) is 38.2 Å². The lowest BCUT2D eigenvalue weighted by molar-refractivity contribution is 0.0948. The van der Waals surface area contributed by atoms with Gasteiger partial charge in [-0.15, -0.1) is 0 Å². The Morgan fingerprint density at radius 2 is 2.25 bits per heavy atom. The Labute approximate surface area is 117 Å². The van der Waals surface area contributed by atoms with Gasteiger partial charge in [-0.2, -0.15) is 5.10 Å². The van der Waals surface area contributed by atoms with E-state index >= 15 is 0 Å². The molecule has 0 aromatic carbocycles. The van der Waals surface area contributed by atoms with E-state index in [1.54, 1.807) is 6.92 Å². The standard InChI is InChI=1S/C14H18N4O2/c1-9-11(7-16-20-9)14(19)15-8-12-10-5-3-4-6-13(10)18(2)17-12/h7H,3-6,8H2,1-2H3,(H,15,19). The van der Waals surface area contributed by atoms with Gasteiger partial charge in [-0.3, -0.25) is 9.48 Å². The second kappa shape index (κ2) is 5.11. The Kier molecular flexibility index (Phi) is 3.30. The molecule has 0 saturated heterocycles. The van der Waals surface area contributed by atoms with Gasteiger partial charge in [0.2, 0.25) is 0 Å². The maximum absolute atomic E-state index is 12.0.